The number of aliphatic hydroxyl groups is 1. The van der Waals surface area contributed by atoms with Crippen molar-refractivity contribution in [2.45, 2.75) is 180 Å². The average molecular weight is 539 g/mol. The van der Waals surface area contributed by atoms with Crippen LogP contribution < -0.4 is 0 Å². The topological polar surface area (TPSA) is 55.8 Å². The summed E-state index contributed by atoms with van der Waals surface area (Å²) in [4.78, 5) is 12.0. The third-order valence-corrected chi connectivity index (χ3v) is 7.34. The Morgan fingerprint density at radius 1 is 0.605 bits per heavy atom. The lowest BCUT2D eigenvalue weighted by Gasteiger charge is -2.16. The van der Waals surface area contributed by atoms with Gasteiger partial charge in [0.1, 0.15) is 6.10 Å². The van der Waals surface area contributed by atoms with E-state index in [1.807, 2.05) is 0 Å². The van der Waals surface area contributed by atoms with E-state index in [9.17, 15) is 9.90 Å². The highest BCUT2D eigenvalue weighted by Crippen LogP contribution is 2.12. The SMILES string of the molecule is CCCCCCCC/C=C\CCCCCCCCCCOCC(CO)OC(=O)CCCCCCCCCC. The van der Waals surface area contributed by atoms with Gasteiger partial charge in [-0.3, -0.25) is 4.79 Å². The second-order valence-electron chi connectivity index (χ2n) is 11.2. The molecule has 0 aromatic rings. The molecule has 0 fully saturated rings. The first-order valence-corrected chi connectivity index (χ1v) is 16.8. The number of ether oxygens (including phenoxy) is 2. The maximum absolute atomic E-state index is 12.0. The minimum absolute atomic E-state index is 0.169. The Morgan fingerprint density at radius 3 is 1.50 bits per heavy atom. The van der Waals surface area contributed by atoms with E-state index >= 15 is 0 Å². The van der Waals surface area contributed by atoms with E-state index in [4.69, 9.17) is 9.47 Å². The van der Waals surface area contributed by atoms with Gasteiger partial charge in [-0.15, -0.1) is 0 Å². The van der Waals surface area contributed by atoms with Gasteiger partial charge in [0.05, 0.1) is 13.2 Å². The summed E-state index contributed by atoms with van der Waals surface area (Å²) < 4.78 is 11.0. The first kappa shape index (κ1) is 37.1. The fourth-order valence-electron chi connectivity index (χ4n) is 4.79. The summed E-state index contributed by atoms with van der Waals surface area (Å²) >= 11 is 0. The molecule has 0 bridgehead atoms. The number of allylic oxidation sites excluding steroid dienone is 2. The van der Waals surface area contributed by atoms with Crippen molar-refractivity contribution in [3.63, 3.8) is 0 Å². The molecule has 0 aliphatic carbocycles. The number of rotatable bonds is 31. The summed E-state index contributed by atoms with van der Waals surface area (Å²) in [6.07, 6.45) is 35.4. The molecule has 4 nitrogen and oxygen atoms in total. The molecule has 38 heavy (non-hydrogen) atoms. The summed E-state index contributed by atoms with van der Waals surface area (Å²) in [5.74, 6) is -0.206. The molecule has 4 heteroatoms. The van der Waals surface area contributed by atoms with Crippen LogP contribution in [0.2, 0.25) is 0 Å². The second-order valence-corrected chi connectivity index (χ2v) is 11.2. The maximum atomic E-state index is 12.0. The summed E-state index contributed by atoms with van der Waals surface area (Å²) in [5.41, 5.74) is 0. The van der Waals surface area contributed by atoms with Crippen LogP contribution in [-0.2, 0) is 14.3 Å². The molecule has 0 aliphatic heterocycles. The van der Waals surface area contributed by atoms with Crippen LogP contribution in [0.5, 0.6) is 0 Å². The standard InChI is InChI=1S/C34H66O4/c1-3-5-7-9-11-13-14-15-16-17-18-19-20-21-22-24-26-28-30-37-32-33(31-35)38-34(36)29-27-25-23-12-10-8-6-4-2/h15-16,33,35H,3-14,17-32H2,1-2H3/b16-15-. The molecular formula is C34H66O4. The average Bonchev–Trinajstić information content (AvgIpc) is 2.92. The Kier molecular flexibility index (Phi) is 31.6. The molecule has 0 amide bonds. The highest BCUT2D eigenvalue weighted by molar-refractivity contribution is 5.69. The molecule has 0 saturated carbocycles. The Hall–Kier alpha value is -0.870. The van der Waals surface area contributed by atoms with Crippen molar-refractivity contribution in [2.75, 3.05) is 19.8 Å². The van der Waals surface area contributed by atoms with Gasteiger partial charge in [0.25, 0.3) is 0 Å². The Balaban J connectivity index is 3.39. The number of carbonyl (C=O) groups is 1. The van der Waals surface area contributed by atoms with Crippen LogP contribution in [0.3, 0.4) is 0 Å². The fraction of sp³-hybridized carbons (Fsp3) is 0.912. The maximum Gasteiger partial charge on any atom is 0.306 e. The van der Waals surface area contributed by atoms with Crippen molar-refractivity contribution in [1.82, 2.24) is 0 Å². The van der Waals surface area contributed by atoms with Gasteiger partial charge in [-0.25, -0.2) is 0 Å². The first-order chi connectivity index (χ1) is 18.7. The van der Waals surface area contributed by atoms with Crippen molar-refractivity contribution in [3.05, 3.63) is 12.2 Å². The number of hydrogen-bond donors (Lipinski definition) is 1. The minimum atomic E-state index is -0.526. The second kappa shape index (κ2) is 32.3. The smallest absolute Gasteiger partial charge is 0.306 e. The summed E-state index contributed by atoms with van der Waals surface area (Å²) in [6.45, 7) is 5.32. The summed E-state index contributed by atoms with van der Waals surface area (Å²) in [5, 5.41) is 9.49. The van der Waals surface area contributed by atoms with Gasteiger partial charge in [-0.2, -0.15) is 0 Å². The van der Waals surface area contributed by atoms with E-state index in [0.29, 0.717) is 19.6 Å². The zero-order chi connectivity index (χ0) is 27.8. The van der Waals surface area contributed by atoms with Crippen molar-refractivity contribution in [2.24, 2.45) is 0 Å². The van der Waals surface area contributed by atoms with Crippen LogP contribution in [0.25, 0.3) is 0 Å². The van der Waals surface area contributed by atoms with Crippen molar-refractivity contribution in [3.8, 4) is 0 Å². The Labute approximate surface area is 237 Å². The monoisotopic (exact) mass is 538 g/mol. The van der Waals surface area contributed by atoms with Crippen LogP contribution in [0.15, 0.2) is 12.2 Å². The molecule has 0 aliphatic rings. The van der Waals surface area contributed by atoms with Gasteiger partial charge >= 0.3 is 5.97 Å². The summed E-state index contributed by atoms with van der Waals surface area (Å²) in [6, 6.07) is 0. The largest absolute Gasteiger partial charge is 0.457 e. The number of hydrogen-bond acceptors (Lipinski definition) is 4. The van der Waals surface area contributed by atoms with E-state index in [1.54, 1.807) is 0 Å². The lowest BCUT2D eigenvalue weighted by atomic mass is 10.1. The van der Waals surface area contributed by atoms with Gasteiger partial charge in [0.15, 0.2) is 0 Å². The molecule has 1 atom stereocenters. The molecule has 1 unspecified atom stereocenters. The molecule has 0 heterocycles. The van der Waals surface area contributed by atoms with Gasteiger partial charge in [-0.05, 0) is 38.5 Å². The van der Waals surface area contributed by atoms with Crippen LogP contribution in [0.4, 0.5) is 0 Å². The third-order valence-electron chi connectivity index (χ3n) is 7.34. The third kappa shape index (κ3) is 29.7. The number of unbranched alkanes of at least 4 members (excludes halogenated alkanes) is 21. The van der Waals surface area contributed by atoms with Crippen LogP contribution >= 0.6 is 0 Å². The number of carbonyl (C=O) groups excluding carboxylic acids is 1. The Morgan fingerprint density at radius 2 is 1.03 bits per heavy atom. The van der Waals surface area contributed by atoms with Crippen LogP contribution in [0.1, 0.15) is 174 Å². The predicted molar refractivity (Wildman–Crippen MR) is 164 cm³/mol. The zero-order valence-electron chi connectivity index (χ0n) is 25.7. The summed E-state index contributed by atoms with van der Waals surface area (Å²) in [7, 11) is 0. The quantitative estimate of drug-likeness (QED) is 0.0542. The Bertz CT molecular complexity index is 491. The lowest BCUT2D eigenvalue weighted by Crippen LogP contribution is -2.27. The van der Waals surface area contributed by atoms with Crippen molar-refractivity contribution < 1.29 is 19.4 Å². The van der Waals surface area contributed by atoms with E-state index in [0.717, 1.165) is 19.3 Å². The molecule has 0 aromatic carbocycles. The lowest BCUT2D eigenvalue weighted by molar-refractivity contribution is -0.154. The molecule has 0 saturated heterocycles. The number of aliphatic hydroxyl groups excluding tert-OH is 1. The predicted octanol–water partition coefficient (Wildman–Crippen LogP) is 10.3. The van der Waals surface area contributed by atoms with E-state index in [1.165, 1.54) is 135 Å². The minimum Gasteiger partial charge on any atom is -0.457 e. The van der Waals surface area contributed by atoms with E-state index in [-0.39, 0.29) is 12.6 Å². The zero-order valence-corrected chi connectivity index (χ0v) is 25.7. The van der Waals surface area contributed by atoms with Gasteiger partial charge in [-0.1, -0.05) is 142 Å². The van der Waals surface area contributed by atoms with Gasteiger partial charge in [0, 0.05) is 13.0 Å². The normalized spacial score (nSPS) is 12.4. The van der Waals surface area contributed by atoms with Gasteiger partial charge in [0.2, 0.25) is 0 Å². The highest BCUT2D eigenvalue weighted by atomic mass is 16.6. The molecule has 0 radical (unpaired) electrons. The van der Waals surface area contributed by atoms with E-state index in [2.05, 4.69) is 26.0 Å². The fourth-order valence-corrected chi connectivity index (χ4v) is 4.79. The van der Waals surface area contributed by atoms with Gasteiger partial charge < -0.3 is 14.6 Å². The molecule has 0 rings (SSSR count). The molecular weight excluding hydrogens is 472 g/mol. The molecule has 1 N–H and O–H groups in total. The first-order valence-electron chi connectivity index (χ1n) is 16.8. The number of esters is 1. The highest BCUT2D eigenvalue weighted by Gasteiger charge is 2.13. The van der Waals surface area contributed by atoms with Crippen LogP contribution in [-0.4, -0.2) is 37.0 Å². The molecule has 226 valence electrons. The van der Waals surface area contributed by atoms with Crippen molar-refractivity contribution in [1.29, 1.82) is 0 Å². The molecule has 0 aromatic heterocycles. The van der Waals surface area contributed by atoms with E-state index < -0.39 is 6.10 Å². The van der Waals surface area contributed by atoms with Crippen LogP contribution in [0, 0.1) is 0 Å². The van der Waals surface area contributed by atoms with Crippen molar-refractivity contribution >= 4 is 5.97 Å². The molecule has 0 spiro atoms.